The molecule has 0 saturated heterocycles. The first kappa shape index (κ1) is 20.3. The molecule has 0 aliphatic rings. The Balaban J connectivity index is 1.44. The van der Waals surface area contributed by atoms with Crippen LogP contribution < -0.4 is 11.2 Å². The molecule has 5 aromatic rings. The number of thioether (sulfide) groups is 1. The van der Waals surface area contributed by atoms with Crippen LogP contribution in [0.25, 0.3) is 27.6 Å². The van der Waals surface area contributed by atoms with Crippen LogP contribution in [0.1, 0.15) is 12.0 Å². The molecule has 2 heterocycles. The second-order valence-electron chi connectivity index (χ2n) is 7.69. The lowest BCUT2D eigenvalue weighted by Crippen LogP contribution is -2.22. The Labute approximate surface area is 188 Å². The van der Waals surface area contributed by atoms with E-state index in [0.29, 0.717) is 22.6 Å². The van der Waals surface area contributed by atoms with Crippen molar-refractivity contribution in [1.82, 2.24) is 19.1 Å². The number of para-hydroxylation sites is 3. The molecule has 32 heavy (non-hydrogen) atoms. The van der Waals surface area contributed by atoms with E-state index in [-0.39, 0.29) is 11.2 Å². The Morgan fingerprint density at radius 2 is 1.69 bits per heavy atom. The zero-order valence-electron chi connectivity index (χ0n) is 17.6. The van der Waals surface area contributed by atoms with Crippen LogP contribution in [0.15, 0.2) is 87.5 Å². The van der Waals surface area contributed by atoms with Crippen molar-refractivity contribution < 1.29 is 0 Å². The Kier molecular flexibility index (Phi) is 5.41. The second-order valence-corrected chi connectivity index (χ2v) is 8.75. The highest BCUT2D eigenvalue weighted by molar-refractivity contribution is 7.99. The second kappa shape index (κ2) is 8.51. The summed E-state index contributed by atoms with van der Waals surface area (Å²) in [5, 5.41) is 1.26. The summed E-state index contributed by atoms with van der Waals surface area (Å²) in [5.41, 5.74) is 4.20. The Hall–Kier alpha value is -3.58. The fourth-order valence-electron chi connectivity index (χ4n) is 3.85. The van der Waals surface area contributed by atoms with Gasteiger partial charge in [0.05, 0.1) is 27.6 Å². The minimum Gasteiger partial charge on any atom is -0.306 e. The molecule has 0 aliphatic carbocycles. The number of nitrogens with zero attached hydrogens (tertiary/aromatic N) is 3. The lowest BCUT2D eigenvalue weighted by atomic mass is 10.2. The smallest absolute Gasteiger partial charge is 0.306 e. The van der Waals surface area contributed by atoms with E-state index in [1.165, 1.54) is 11.8 Å². The monoisotopic (exact) mass is 442 g/mol. The quantitative estimate of drug-likeness (QED) is 0.238. The van der Waals surface area contributed by atoms with Gasteiger partial charge in [0.1, 0.15) is 0 Å². The summed E-state index contributed by atoms with van der Waals surface area (Å²) < 4.78 is 3.45. The summed E-state index contributed by atoms with van der Waals surface area (Å²) in [6.45, 7) is 2.62. The molecule has 160 valence electrons. The van der Waals surface area contributed by atoms with Crippen LogP contribution in [0.5, 0.6) is 0 Å². The lowest BCUT2D eigenvalue weighted by Gasteiger charge is -2.13. The Morgan fingerprint density at radius 1 is 0.938 bits per heavy atom. The topological polar surface area (TPSA) is 72.7 Å². The number of fused-ring (bicyclic) bond motifs is 2. The fourth-order valence-corrected chi connectivity index (χ4v) is 4.78. The van der Waals surface area contributed by atoms with Crippen LogP contribution in [0.3, 0.4) is 0 Å². The third-order valence-electron chi connectivity index (χ3n) is 5.48. The van der Waals surface area contributed by atoms with Gasteiger partial charge in [0, 0.05) is 12.3 Å². The third-order valence-corrected chi connectivity index (χ3v) is 6.50. The number of hydrogen-bond acceptors (Lipinski definition) is 4. The number of benzene rings is 3. The maximum absolute atomic E-state index is 13.3. The third kappa shape index (κ3) is 3.76. The van der Waals surface area contributed by atoms with E-state index in [9.17, 15) is 9.59 Å². The van der Waals surface area contributed by atoms with Crippen LogP contribution in [-0.2, 0) is 6.54 Å². The molecular weight excluding hydrogens is 420 g/mol. The number of aromatic nitrogens is 4. The number of aryl methyl sites for hydroxylation is 2. The molecule has 0 atom stereocenters. The van der Waals surface area contributed by atoms with Gasteiger partial charge >= 0.3 is 5.69 Å². The van der Waals surface area contributed by atoms with E-state index < -0.39 is 0 Å². The summed E-state index contributed by atoms with van der Waals surface area (Å²) >= 11 is 1.53. The molecule has 6 nitrogen and oxygen atoms in total. The highest BCUT2D eigenvalue weighted by Gasteiger charge is 2.13. The number of aromatic amines is 1. The van der Waals surface area contributed by atoms with E-state index in [1.807, 2.05) is 79.7 Å². The molecule has 2 aromatic heterocycles. The van der Waals surface area contributed by atoms with Gasteiger partial charge < -0.3 is 4.98 Å². The molecule has 0 saturated carbocycles. The van der Waals surface area contributed by atoms with Crippen molar-refractivity contribution in [2.75, 3.05) is 5.75 Å². The molecule has 0 unspecified atom stereocenters. The van der Waals surface area contributed by atoms with Crippen molar-refractivity contribution in [2.45, 2.75) is 25.0 Å². The average Bonchev–Trinajstić information content (AvgIpc) is 3.13. The van der Waals surface area contributed by atoms with Gasteiger partial charge in [0.25, 0.3) is 5.56 Å². The summed E-state index contributed by atoms with van der Waals surface area (Å²) in [6.07, 6.45) is 0.767. The van der Waals surface area contributed by atoms with E-state index in [2.05, 4.69) is 4.98 Å². The molecule has 5 rings (SSSR count). The van der Waals surface area contributed by atoms with Gasteiger partial charge in [0.2, 0.25) is 0 Å². The molecule has 0 radical (unpaired) electrons. The van der Waals surface area contributed by atoms with E-state index >= 15 is 0 Å². The van der Waals surface area contributed by atoms with E-state index in [1.54, 1.807) is 9.13 Å². The van der Waals surface area contributed by atoms with Gasteiger partial charge in [0.15, 0.2) is 5.16 Å². The lowest BCUT2D eigenvalue weighted by molar-refractivity contribution is 0.678. The zero-order valence-corrected chi connectivity index (χ0v) is 18.4. The van der Waals surface area contributed by atoms with Crippen molar-refractivity contribution in [2.24, 2.45) is 0 Å². The maximum Gasteiger partial charge on any atom is 0.326 e. The van der Waals surface area contributed by atoms with Crippen molar-refractivity contribution >= 4 is 33.7 Å². The molecule has 0 amide bonds. The molecule has 7 heteroatoms. The number of nitrogens with one attached hydrogen (secondary N) is 1. The normalized spacial score (nSPS) is 11.4. The van der Waals surface area contributed by atoms with E-state index in [0.717, 1.165) is 34.5 Å². The SMILES string of the molecule is Cc1ccc(-n2c(SCCCn3c(=O)[nH]c4ccccc43)nc3ccccc3c2=O)cc1. The van der Waals surface area contributed by atoms with Gasteiger partial charge in [-0.05, 0) is 49.7 Å². The van der Waals surface area contributed by atoms with Crippen LogP contribution in [0.2, 0.25) is 0 Å². The van der Waals surface area contributed by atoms with Gasteiger partial charge in [-0.2, -0.15) is 0 Å². The number of H-pyrrole nitrogens is 1. The van der Waals surface area contributed by atoms with Crippen LogP contribution in [-0.4, -0.2) is 24.9 Å². The largest absolute Gasteiger partial charge is 0.326 e. The summed E-state index contributed by atoms with van der Waals surface area (Å²) in [7, 11) is 0. The van der Waals surface area contributed by atoms with Gasteiger partial charge in [-0.3, -0.25) is 13.9 Å². The Bertz CT molecular complexity index is 1530. The molecule has 0 spiro atoms. The van der Waals surface area contributed by atoms with Crippen molar-refractivity contribution in [3.63, 3.8) is 0 Å². The number of hydrogen-bond donors (Lipinski definition) is 1. The van der Waals surface area contributed by atoms with Crippen LogP contribution in [0, 0.1) is 6.92 Å². The molecule has 0 bridgehead atoms. The van der Waals surface area contributed by atoms with Gasteiger partial charge in [-0.15, -0.1) is 0 Å². The minimum absolute atomic E-state index is 0.0743. The summed E-state index contributed by atoms with van der Waals surface area (Å²) in [4.78, 5) is 33.3. The van der Waals surface area contributed by atoms with Crippen LogP contribution in [0.4, 0.5) is 0 Å². The minimum atomic E-state index is -0.100. The predicted octanol–water partition coefficient (Wildman–Crippen LogP) is 4.52. The van der Waals surface area contributed by atoms with Crippen LogP contribution >= 0.6 is 11.8 Å². The fraction of sp³-hybridized carbons (Fsp3) is 0.160. The van der Waals surface area contributed by atoms with Gasteiger partial charge in [-0.25, -0.2) is 9.78 Å². The number of imidazole rings is 1. The standard InChI is InChI=1S/C25H22N4O2S/c1-17-11-13-18(14-12-17)29-23(30)19-7-2-3-8-20(19)27-25(29)32-16-6-15-28-22-10-5-4-9-21(22)26-24(28)31/h2-5,7-14H,6,15-16H2,1H3,(H,26,31). The van der Waals surface area contributed by atoms with Crippen molar-refractivity contribution in [3.05, 3.63) is 99.2 Å². The molecule has 1 N–H and O–H groups in total. The first-order valence-electron chi connectivity index (χ1n) is 10.5. The molecule has 0 aliphatic heterocycles. The molecule has 3 aromatic carbocycles. The number of rotatable bonds is 6. The molecular formula is C25H22N4O2S. The highest BCUT2D eigenvalue weighted by Crippen LogP contribution is 2.22. The predicted molar refractivity (Wildman–Crippen MR) is 130 cm³/mol. The maximum atomic E-state index is 13.3. The Morgan fingerprint density at radius 3 is 2.53 bits per heavy atom. The average molecular weight is 443 g/mol. The first-order chi connectivity index (χ1) is 15.6. The van der Waals surface area contributed by atoms with Crippen molar-refractivity contribution in [1.29, 1.82) is 0 Å². The zero-order chi connectivity index (χ0) is 22.1. The highest BCUT2D eigenvalue weighted by atomic mass is 32.2. The van der Waals surface area contributed by atoms with E-state index in [4.69, 9.17) is 4.98 Å². The molecule has 0 fully saturated rings. The van der Waals surface area contributed by atoms with Crippen molar-refractivity contribution in [3.8, 4) is 5.69 Å². The summed E-state index contributed by atoms with van der Waals surface area (Å²) in [6, 6.07) is 23.0. The summed E-state index contributed by atoms with van der Waals surface area (Å²) in [5.74, 6) is 0.725. The first-order valence-corrected chi connectivity index (χ1v) is 11.5. The van der Waals surface area contributed by atoms with Gasteiger partial charge in [-0.1, -0.05) is 53.7 Å².